The largest absolute Gasteiger partial charge is 0.507 e. The molecule has 1 fully saturated rings. The van der Waals surface area contributed by atoms with Crippen molar-refractivity contribution in [3.8, 4) is 5.75 Å². The molecule has 0 heterocycles. The first-order chi connectivity index (χ1) is 12.7. The molecule has 1 aromatic rings. The van der Waals surface area contributed by atoms with Gasteiger partial charge in [0.05, 0.1) is 0 Å². The van der Waals surface area contributed by atoms with Gasteiger partial charge in [0.25, 0.3) is 0 Å². The Labute approximate surface area is 172 Å². The number of benzene rings is 1. The van der Waals surface area contributed by atoms with E-state index < -0.39 is 0 Å². The van der Waals surface area contributed by atoms with Crippen molar-refractivity contribution in [2.45, 2.75) is 121 Å². The lowest BCUT2D eigenvalue weighted by Crippen LogP contribution is -2.22. The number of thioether (sulfide) groups is 1. The number of phenols is 1. The molecule has 0 atom stereocenters. The summed E-state index contributed by atoms with van der Waals surface area (Å²) in [5.41, 5.74) is 3.82. The van der Waals surface area contributed by atoms with Gasteiger partial charge in [0.2, 0.25) is 0 Å². The number of hydrogen-bond donors (Lipinski definition) is 1. The van der Waals surface area contributed by atoms with E-state index in [2.05, 4.69) is 65.4 Å². The van der Waals surface area contributed by atoms with E-state index in [1.54, 1.807) is 0 Å². The molecule has 0 saturated heterocycles. The highest BCUT2D eigenvalue weighted by Crippen LogP contribution is 2.43. The van der Waals surface area contributed by atoms with Crippen molar-refractivity contribution in [1.82, 2.24) is 0 Å². The lowest BCUT2D eigenvalue weighted by molar-refractivity contribution is 0.394. The van der Waals surface area contributed by atoms with Crippen LogP contribution in [0.2, 0.25) is 0 Å². The Kier molecular flexibility index (Phi) is 8.16. The molecule has 0 bridgehead atoms. The minimum absolute atomic E-state index is 0.0466. The van der Waals surface area contributed by atoms with Gasteiger partial charge in [-0.25, -0.2) is 0 Å². The van der Waals surface area contributed by atoms with Gasteiger partial charge < -0.3 is 5.11 Å². The van der Waals surface area contributed by atoms with E-state index in [1.165, 1.54) is 50.5 Å². The Hall–Kier alpha value is -0.630. The van der Waals surface area contributed by atoms with Crippen LogP contribution in [0.5, 0.6) is 5.75 Å². The van der Waals surface area contributed by atoms with E-state index >= 15 is 0 Å². The molecular weight excluding hydrogens is 348 g/mol. The quantitative estimate of drug-likeness (QED) is 0.529. The Morgan fingerprint density at radius 3 is 2.00 bits per heavy atom. The predicted molar refractivity (Wildman–Crippen MR) is 122 cm³/mol. The summed E-state index contributed by atoms with van der Waals surface area (Å²) in [7, 11) is 0. The first-order valence-corrected chi connectivity index (χ1v) is 12.2. The maximum absolute atomic E-state index is 11.2. The monoisotopic (exact) mass is 390 g/mol. The minimum Gasteiger partial charge on any atom is -0.507 e. The molecule has 0 radical (unpaired) electrons. The van der Waals surface area contributed by atoms with E-state index in [0.717, 1.165) is 35.0 Å². The topological polar surface area (TPSA) is 20.2 Å². The summed E-state index contributed by atoms with van der Waals surface area (Å²) in [4.78, 5) is 0. The second kappa shape index (κ2) is 9.72. The standard InChI is InChI=1S/C25H42OS/c1-7-25(6,8-2)22-17-20(24(3,4)5)16-19(23(22)26)18-27-21-14-12-10-9-11-13-15-21/h16-17,21,26H,7-15,18H2,1-6H3. The van der Waals surface area contributed by atoms with Crippen LogP contribution in [0.4, 0.5) is 0 Å². The van der Waals surface area contributed by atoms with Gasteiger partial charge in [-0.15, -0.1) is 0 Å². The third-order valence-corrected chi connectivity index (χ3v) is 8.21. The second-order valence-electron chi connectivity index (χ2n) is 9.83. The van der Waals surface area contributed by atoms with Crippen LogP contribution in [-0.4, -0.2) is 10.4 Å². The molecule has 0 aliphatic heterocycles. The third kappa shape index (κ3) is 5.92. The fraction of sp³-hybridized carbons (Fsp3) is 0.760. The Morgan fingerprint density at radius 2 is 1.48 bits per heavy atom. The van der Waals surface area contributed by atoms with Gasteiger partial charge in [0.15, 0.2) is 0 Å². The first kappa shape index (κ1) is 22.7. The molecule has 1 aliphatic carbocycles. The van der Waals surface area contributed by atoms with Crippen molar-refractivity contribution in [2.24, 2.45) is 0 Å². The Balaban J connectivity index is 2.31. The van der Waals surface area contributed by atoms with Crippen molar-refractivity contribution < 1.29 is 5.11 Å². The second-order valence-corrected chi connectivity index (χ2v) is 11.1. The van der Waals surface area contributed by atoms with Crippen molar-refractivity contribution in [2.75, 3.05) is 0 Å². The molecule has 0 aromatic heterocycles. The predicted octanol–water partition coefficient (Wildman–Crippen LogP) is 8.11. The van der Waals surface area contributed by atoms with Crippen molar-refractivity contribution in [1.29, 1.82) is 0 Å². The number of hydrogen-bond acceptors (Lipinski definition) is 2. The minimum atomic E-state index is 0.0466. The zero-order valence-corrected chi connectivity index (χ0v) is 19.5. The van der Waals surface area contributed by atoms with Gasteiger partial charge in [-0.2, -0.15) is 11.8 Å². The first-order valence-electron chi connectivity index (χ1n) is 11.2. The molecule has 2 rings (SSSR count). The normalized spacial score (nSPS) is 17.6. The van der Waals surface area contributed by atoms with E-state index in [1.807, 2.05) is 0 Å². The summed E-state index contributed by atoms with van der Waals surface area (Å²) < 4.78 is 0. The molecule has 1 aliphatic rings. The van der Waals surface area contributed by atoms with Gasteiger partial charge in [0.1, 0.15) is 5.75 Å². The van der Waals surface area contributed by atoms with Gasteiger partial charge in [-0.1, -0.05) is 85.8 Å². The van der Waals surface area contributed by atoms with Gasteiger partial charge >= 0.3 is 0 Å². The third-order valence-electron chi connectivity index (χ3n) is 6.79. The maximum Gasteiger partial charge on any atom is 0.123 e. The van der Waals surface area contributed by atoms with Crippen molar-refractivity contribution in [3.63, 3.8) is 0 Å². The van der Waals surface area contributed by atoms with Gasteiger partial charge in [0, 0.05) is 22.1 Å². The molecule has 0 spiro atoms. The molecular formula is C25H42OS. The zero-order valence-electron chi connectivity index (χ0n) is 18.7. The molecule has 0 unspecified atom stereocenters. The maximum atomic E-state index is 11.2. The van der Waals surface area contributed by atoms with E-state index in [0.29, 0.717) is 5.75 Å². The summed E-state index contributed by atoms with van der Waals surface area (Å²) in [6.45, 7) is 13.6. The van der Waals surface area contributed by atoms with Gasteiger partial charge in [-0.3, -0.25) is 0 Å². The highest BCUT2D eigenvalue weighted by Gasteiger charge is 2.29. The molecule has 1 nitrogen and oxygen atoms in total. The summed E-state index contributed by atoms with van der Waals surface area (Å²) >= 11 is 2.08. The highest BCUT2D eigenvalue weighted by atomic mass is 32.2. The Morgan fingerprint density at radius 1 is 0.926 bits per heavy atom. The number of rotatable bonds is 6. The molecule has 1 saturated carbocycles. The van der Waals surface area contributed by atoms with Crippen LogP contribution >= 0.6 is 11.8 Å². The fourth-order valence-electron chi connectivity index (χ4n) is 4.12. The fourth-order valence-corrected chi connectivity index (χ4v) is 5.42. The van der Waals surface area contributed by atoms with Crippen molar-refractivity contribution >= 4 is 11.8 Å². The average molecular weight is 391 g/mol. The molecule has 27 heavy (non-hydrogen) atoms. The molecule has 1 aromatic carbocycles. The highest BCUT2D eigenvalue weighted by molar-refractivity contribution is 7.99. The van der Waals surface area contributed by atoms with Crippen LogP contribution in [0.15, 0.2) is 12.1 Å². The van der Waals surface area contributed by atoms with Crippen LogP contribution in [0, 0.1) is 0 Å². The van der Waals surface area contributed by atoms with Crippen LogP contribution in [-0.2, 0) is 16.6 Å². The molecule has 1 N–H and O–H groups in total. The zero-order chi connectivity index (χ0) is 20.1. The van der Waals surface area contributed by atoms with Crippen LogP contribution in [0.3, 0.4) is 0 Å². The van der Waals surface area contributed by atoms with E-state index in [9.17, 15) is 5.11 Å². The summed E-state index contributed by atoms with van der Waals surface area (Å²) in [5, 5.41) is 12.0. The van der Waals surface area contributed by atoms with E-state index in [-0.39, 0.29) is 10.8 Å². The van der Waals surface area contributed by atoms with Crippen LogP contribution in [0.1, 0.15) is 116 Å². The lowest BCUT2D eigenvalue weighted by atomic mass is 9.74. The average Bonchev–Trinajstić information content (AvgIpc) is 2.60. The van der Waals surface area contributed by atoms with Crippen LogP contribution in [0.25, 0.3) is 0 Å². The van der Waals surface area contributed by atoms with Crippen molar-refractivity contribution in [3.05, 3.63) is 28.8 Å². The number of aromatic hydroxyl groups is 1. The SMILES string of the molecule is CCC(C)(CC)c1cc(C(C)(C)C)cc(CSC2CCCCCCC2)c1O. The molecule has 0 amide bonds. The number of phenolic OH excluding ortho intramolecular Hbond substituents is 1. The summed E-state index contributed by atoms with van der Waals surface area (Å²) in [6, 6.07) is 4.56. The molecule has 154 valence electrons. The summed E-state index contributed by atoms with van der Waals surface area (Å²) in [6.07, 6.45) is 11.8. The summed E-state index contributed by atoms with van der Waals surface area (Å²) in [5.74, 6) is 1.50. The lowest BCUT2D eigenvalue weighted by Gasteiger charge is -2.32. The Bertz CT molecular complexity index is 587. The van der Waals surface area contributed by atoms with E-state index in [4.69, 9.17) is 0 Å². The van der Waals surface area contributed by atoms with Crippen LogP contribution < -0.4 is 0 Å². The molecule has 2 heteroatoms. The smallest absolute Gasteiger partial charge is 0.123 e. The van der Waals surface area contributed by atoms with Gasteiger partial charge in [-0.05, 0) is 42.1 Å².